The van der Waals surface area contributed by atoms with Gasteiger partial charge in [0.25, 0.3) is 10.0 Å². The van der Waals surface area contributed by atoms with Crippen molar-refractivity contribution in [2.24, 2.45) is 11.7 Å². The molecule has 0 aliphatic rings. The third-order valence-corrected chi connectivity index (χ3v) is 6.62. The van der Waals surface area contributed by atoms with Gasteiger partial charge in [0.15, 0.2) is 0 Å². The summed E-state index contributed by atoms with van der Waals surface area (Å²) < 4.78 is 27.3. The van der Waals surface area contributed by atoms with Gasteiger partial charge < -0.3 is 5.73 Å². The molecule has 1 heterocycles. The van der Waals surface area contributed by atoms with Gasteiger partial charge in [-0.15, -0.1) is 11.3 Å². The average Bonchev–Trinajstić information content (AvgIpc) is 2.67. The molecular formula is C13H24N2O2S2. The number of rotatable bonds is 6. The number of hydrogen-bond acceptors (Lipinski definition) is 4. The minimum absolute atomic E-state index is 0.0452. The smallest absolute Gasteiger partial charge is 0.252 e. The van der Waals surface area contributed by atoms with Crippen LogP contribution >= 0.6 is 11.3 Å². The second kappa shape index (κ2) is 6.35. The van der Waals surface area contributed by atoms with E-state index in [9.17, 15) is 8.42 Å². The monoisotopic (exact) mass is 304 g/mol. The minimum atomic E-state index is -3.41. The first-order valence-corrected chi connectivity index (χ1v) is 8.77. The fourth-order valence-corrected chi connectivity index (χ4v) is 5.28. The van der Waals surface area contributed by atoms with Crippen molar-refractivity contribution < 1.29 is 8.42 Å². The molecule has 19 heavy (non-hydrogen) atoms. The molecule has 0 bridgehead atoms. The quantitative estimate of drug-likeness (QED) is 0.878. The lowest BCUT2D eigenvalue weighted by Gasteiger charge is -2.26. The van der Waals surface area contributed by atoms with Gasteiger partial charge in [-0.1, -0.05) is 13.8 Å². The van der Waals surface area contributed by atoms with Gasteiger partial charge in [0.05, 0.1) is 0 Å². The Kier molecular flexibility index (Phi) is 5.55. The van der Waals surface area contributed by atoms with E-state index < -0.39 is 10.0 Å². The van der Waals surface area contributed by atoms with E-state index in [4.69, 9.17) is 5.73 Å². The standard InChI is InChI=1S/C13H24N2O2S2/c1-9(2)8-15(10(3)4)19(16,17)13-6-11(5)12(7-14)18-13/h6,9-10H,7-8,14H2,1-5H3. The molecule has 1 aromatic heterocycles. The molecule has 0 atom stereocenters. The molecule has 0 spiro atoms. The molecule has 0 saturated carbocycles. The van der Waals surface area contributed by atoms with Crippen LogP contribution < -0.4 is 5.73 Å². The summed E-state index contributed by atoms with van der Waals surface area (Å²) in [6, 6.07) is 1.69. The Hall–Kier alpha value is -0.430. The molecule has 0 aliphatic heterocycles. The molecule has 0 radical (unpaired) electrons. The van der Waals surface area contributed by atoms with Crippen LogP contribution in [0.25, 0.3) is 0 Å². The Morgan fingerprint density at radius 1 is 1.32 bits per heavy atom. The average molecular weight is 304 g/mol. The molecule has 0 unspecified atom stereocenters. The number of aryl methyl sites for hydroxylation is 1. The van der Waals surface area contributed by atoms with Crippen molar-refractivity contribution >= 4 is 21.4 Å². The van der Waals surface area contributed by atoms with Crippen molar-refractivity contribution in [3.63, 3.8) is 0 Å². The first kappa shape index (κ1) is 16.6. The van der Waals surface area contributed by atoms with E-state index in [0.717, 1.165) is 10.4 Å². The molecule has 0 aromatic carbocycles. The molecule has 2 N–H and O–H groups in total. The molecule has 110 valence electrons. The van der Waals surface area contributed by atoms with E-state index in [0.29, 0.717) is 23.2 Å². The van der Waals surface area contributed by atoms with Crippen molar-refractivity contribution in [1.29, 1.82) is 0 Å². The van der Waals surface area contributed by atoms with E-state index in [1.54, 1.807) is 10.4 Å². The lowest BCUT2D eigenvalue weighted by Crippen LogP contribution is -2.39. The summed E-state index contributed by atoms with van der Waals surface area (Å²) in [4.78, 5) is 0.937. The van der Waals surface area contributed by atoms with Gasteiger partial charge in [-0.25, -0.2) is 8.42 Å². The van der Waals surface area contributed by atoms with Crippen LogP contribution in [-0.4, -0.2) is 25.3 Å². The maximum absolute atomic E-state index is 12.7. The van der Waals surface area contributed by atoms with Crippen LogP contribution in [0.5, 0.6) is 0 Å². The molecule has 0 aliphatic carbocycles. The maximum Gasteiger partial charge on any atom is 0.252 e. The van der Waals surface area contributed by atoms with Crippen molar-refractivity contribution in [2.45, 2.75) is 51.4 Å². The number of sulfonamides is 1. The predicted molar refractivity (Wildman–Crippen MR) is 80.8 cm³/mol. The second-order valence-corrected chi connectivity index (χ2v) is 8.69. The number of nitrogens with two attached hydrogens (primary N) is 1. The third kappa shape index (κ3) is 3.78. The zero-order chi connectivity index (χ0) is 14.8. The van der Waals surface area contributed by atoms with Gasteiger partial charge >= 0.3 is 0 Å². The molecule has 1 rings (SSSR count). The van der Waals surface area contributed by atoms with Crippen LogP contribution in [0.1, 0.15) is 38.1 Å². The molecule has 4 nitrogen and oxygen atoms in total. The number of thiophene rings is 1. The van der Waals surface area contributed by atoms with Crippen LogP contribution in [0, 0.1) is 12.8 Å². The predicted octanol–water partition coefficient (Wildman–Crippen LogP) is 2.57. The van der Waals surface area contributed by atoms with Gasteiger partial charge in [-0.05, 0) is 38.3 Å². The summed E-state index contributed by atoms with van der Waals surface area (Å²) in [7, 11) is -3.41. The Labute approximate surface area is 120 Å². The maximum atomic E-state index is 12.7. The lowest BCUT2D eigenvalue weighted by molar-refractivity contribution is 0.319. The SMILES string of the molecule is Cc1cc(S(=O)(=O)N(CC(C)C)C(C)C)sc1CN. The largest absolute Gasteiger partial charge is 0.326 e. The normalized spacial score (nSPS) is 12.9. The fourth-order valence-electron chi connectivity index (χ4n) is 1.88. The Balaban J connectivity index is 3.18. The van der Waals surface area contributed by atoms with Gasteiger partial charge in [0.1, 0.15) is 4.21 Å². The highest BCUT2D eigenvalue weighted by Gasteiger charge is 2.29. The molecule has 6 heteroatoms. The highest BCUT2D eigenvalue weighted by molar-refractivity contribution is 7.91. The molecule has 0 saturated heterocycles. The van der Waals surface area contributed by atoms with Crippen LogP contribution in [0.2, 0.25) is 0 Å². The summed E-state index contributed by atoms with van der Waals surface area (Å²) in [5.41, 5.74) is 6.58. The van der Waals surface area contributed by atoms with Crippen LogP contribution in [-0.2, 0) is 16.6 Å². The first-order chi connectivity index (χ1) is 8.70. The van der Waals surface area contributed by atoms with Crippen LogP contribution in [0.4, 0.5) is 0 Å². The van der Waals surface area contributed by atoms with Gasteiger partial charge in [-0.2, -0.15) is 4.31 Å². The zero-order valence-corrected chi connectivity index (χ0v) is 13.9. The summed E-state index contributed by atoms with van der Waals surface area (Å²) in [6.07, 6.45) is 0. The Morgan fingerprint density at radius 3 is 2.26 bits per heavy atom. The topological polar surface area (TPSA) is 63.4 Å². The summed E-state index contributed by atoms with van der Waals surface area (Å²) in [6.45, 7) is 10.7. The Morgan fingerprint density at radius 2 is 1.89 bits per heavy atom. The van der Waals surface area contributed by atoms with E-state index in [1.807, 2.05) is 34.6 Å². The highest BCUT2D eigenvalue weighted by atomic mass is 32.2. The molecule has 1 aromatic rings. The second-order valence-electron chi connectivity index (χ2n) is 5.44. The summed E-state index contributed by atoms with van der Waals surface area (Å²) in [5.74, 6) is 0.298. The number of hydrogen-bond donors (Lipinski definition) is 1. The molecular weight excluding hydrogens is 280 g/mol. The van der Waals surface area contributed by atoms with Crippen molar-refractivity contribution in [1.82, 2.24) is 4.31 Å². The fraction of sp³-hybridized carbons (Fsp3) is 0.692. The van der Waals surface area contributed by atoms with Crippen molar-refractivity contribution in [3.8, 4) is 0 Å². The van der Waals surface area contributed by atoms with E-state index in [-0.39, 0.29) is 6.04 Å². The third-order valence-electron chi connectivity index (χ3n) is 2.87. The lowest BCUT2D eigenvalue weighted by atomic mass is 10.2. The van der Waals surface area contributed by atoms with Crippen molar-refractivity contribution in [2.75, 3.05) is 6.54 Å². The van der Waals surface area contributed by atoms with E-state index in [1.165, 1.54) is 11.3 Å². The van der Waals surface area contributed by atoms with Gasteiger partial charge in [0, 0.05) is 24.0 Å². The van der Waals surface area contributed by atoms with Crippen molar-refractivity contribution in [3.05, 3.63) is 16.5 Å². The highest BCUT2D eigenvalue weighted by Crippen LogP contribution is 2.29. The van der Waals surface area contributed by atoms with Crippen LogP contribution in [0.3, 0.4) is 0 Å². The summed E-state index contributed by atoms with van der Waals surface area (Å²) >= 11 is 1.28. The van der Waals surface area contributed by atoms with E-state index >= 15 is 0 Å². The summed E-state index contributed by atoms with van der Waals surface area (Å²) in [5, 5.41) is 0. The van der Waals surface area contributed by atoms with Crippen LogP contribution in [0.15, 0.2) is 10.3 Å². The molecule has 0 amide bonds. The Bertz CT molecular complexity index is 519. The van der Waals surface area contributed by atoms with Gasteiger partial charge in [0.2, 0.25) is 0 Å². The minimum Gasteiger partial charge on any atom is -0.326 e. The van der Waals surface area contributed by atoms with E-state index in [2.05, 4.69) is 0 Å². The van der Waals surface area contributed by atoms with Gasteiger partial charge in [-0.3, -0.25) is 0 Å². The first-order valence-electron chi connectivity index (χ1n) is 6.51. The number of nitrogens with zero attached hydrogens (tertiary/aromatic N) is 1. The zero-order valence-electron chi connectivity index (χ0n) is 12.3. The molecule has 0 fully saturated rings.